The van der Waals surface area contributed by atoms with Crippen molar-refractivity contribution in [2.24, 2.45) is 0 Å². The SMILES string of the molecule is CCCC(O)O.O=S(=O)(OCCCCOS(=O)(=O)C(F)(F)C(F)(F)C(F)(F)C(F)(F)F)C(F)(F)C(F)(F)C(F)(F)C(F)(F)F. The molecule has 0 bridgehead atoms. The molecule has 0 unspecified atom stereocenters. The molecule has 0 aliphatic heterocycles. The van der Waals surface area contributed by atoms with Crippen molar-refractivity contribution in [1.82, 2.24) is 0 Å². The number of rotatable bonds is 15. The Morgan fingerprint density at radius 2 is 0.773 bits per heavy atom. The molecule has 268 valence electrons. The molecule has 0 saturated heterocycles. The maximum Gasteiger partial charge on any atom is 0.460 e. The quantitative estimate of drug-likeness (QED) is 0.0988. The van der Waals surface area contributed by atoms with E-state index in [0.717, 1.165) is 6.42 Å². The summed E-state index contributed by atoms with van der Waals surface area (Å²) in [5, 5.41) is 1.62. The fourth-order valence-electron chi connectivity index (χ4n) is 1.98. The summed E-state index contributed by atoms with van der Waals surface area (Å²) in [6, 6.07) is 0. The van der Waals surface area contributed by atoms with Gasteiger partial charge in [0.1, 0.15) is 0 Å². The van der Waals surface area contributed by atoms with E-state index in [-0.39, 0.29) is 0 Å². The molecular weight excluding hydrogens is 726 g/mol. The largest absolute Gasteiger partial charge is 0.460 e. The van der Waals surface area contributed by atoms with Gasteiger partial charge in [0.2, 0.25) is 0 Å². The summed E-state index contributed by atoms with van der Waals surface area (Å²) in [6.07, 6.45) is -17.4. The minimum absolute atomic E-state index is 0.486. The van der Waals surface area contributed by atoms with Crippen molar-refractivity contribution in [1.29, 1.82) is 0 Å². The fraction of sp³-hybridized carbons (Fsp3) is 1.00. The van der Waals surface area contributed by atoms with E-state index in [9.17, 15) is 95.9 Å². The van der Waals surface area contributed by atoms with Gasteiger partial charge in [-0.25, -0.2) is 0 Å². The van der Waals surface area contributed by atoms with Gasteiger partial charge in [-0.2, -0.15) is 95.9 Å². The van der Waals surface area contributed by atoms with Gasteiger partial charge in [0, 0.05) is 0 Å². The zero-order chi connectivity index (χ0) is 36.2. The second kappa shape index (κ2) is 14.1. The smallest absolute Gasteiger partial charge is 0.368 e. The van der Waals surface area contributed by atoms with Gasteiger partial charge in [0.25, 0.3) is 0 Å². The maximum atomic E-state index is 13.3. The van der Waals surface area contributed by atoms with E-state index >= 15 is 0 Å². The standard InChI is InChI=1S/C12H8F18O6S2.C4H10O2/c13-5(14,9(21,22)23)7(17,18)11(27,28)37(31,32)35-3-1-2-4-36-38(33,34)12(29,30)8(19,20)6(15,16)10(24,25)26;1-2-3-4(5)6/h1-4H2;4-6H,2-3H2,1H3. The second-order valence-corrected chi connectivity index (χ2v) is 11.2. The highest BCUT2D eigenvalue weighted by molar-refractivity contribution is 7.88. The molecule has 0 saturated carbocycles. The first-order valence-electron chi connectivity index (χ1n) is 10.5. The summed E-state index contributed by atoms with van der Waals surface area (Å²) in [6.45, 7) is -2.03. The van der Waals surface area contributed by atoms with Gasteiger partial charge in [-0.1, -0.05) is 13.3 Å². The zero-order valence-corrected chi connectivity index (χ0v) is 22.4. The summed E-state index contributed by atoms with van der Waals surface area (Å²) in [7, 11) is -14.8. The number of hydrogen-bond donors (Lipinski definition) is 2. The molecule has 0 aliphatic carbocycles. The van der Waals surface area contributed by atoms with Crippen molar-refractivity contribution in [3.05, 3.63) is 0 Å². The van der Waals surface area contributed by atoms with Crippen LogP contribution >= 0.6 is 0 Å². The normalized spacial score (nSPS) is 15.3. The molecule has 28 heteroatoms. The Hall–Kier alpha value is -1.52. The monoisotopic (exact) mass is 744 g/mol. The highest BCUT2D eigenvalue weighted by Gasteiger charge is 2.87. The van der Waals surface area contributed by atoms with Gasteiger partial charge in [-0.3, -0.25) is 8.37 Å². The van der Waals surface area contributed by atoms with Crippen molar-refractivity contribution in [2.75, 3.05) is 13.2 Å². The summed E-state index contributed by atoms with van der Waals surface area (Å²) < 4.78 is 278. The van der Waals surface area contributed by atoms with Crippen LogP contribution in [0.25, 0.3) is 0 Å². The molecule has 0 fully saturated rings. The van der Waals surface area contributed by atoms with Gasteiger partial charge in [0.05, 0.1) is 13.2 Å². The summed E-state index contributed by atoms with van der Waals surface area (Å²) >= 11 is 0. The lowest BCUT2D eigenvalue weighted by atomic mass is 10.1. The molecule has 0 aromatic rings. The molecule has 0 aliphatic rings. The number of alkyl halides is 18. The molecule has 8 nitrogen and oxygen atoms in total. The van der Waals surface area contributed by atoms with Crippen LogP contribution in [0.4, 0.5) is 79.0 Å². The molecule has 0 heterocycles. The predicted molar refractivity (Wildman–Crippen MR) is 104 cm³/mol. The molecule has 2 N–H and O–H groups in total. The first kappa shape index (κ1) is 44.6. The van der Waals surface area contributed by atoms with Gasteiger partial charge in [0.15, 0.2) is 6.29 Å². The molecule has 0 spiro atoms. The lowest BCUT2D eigenvalue weighted by molar-refractivity contribution is -0.383. The third-order valence-corrected chi connectivity index (χ3v) is 7.14. The Morgan fingerprint density at radius 3 is 0.932 bits per heavy atom. The average molecular weight is 744 g/mol. The van der Waals surface area contributed by atoms with Crippen LogP contribution in [0, 0.1) is 0 Å². The van der Waals surface area contributed by atoms with Crippen molar-refractivity contribution in [3.63, 3.8) is 0 Å². The van der Waals surface area contributed by atoms with E-state index in [0.29, 0.717) is 6.42 Å². The molecule has 0 radical (unpaired) electrons. The number of aliphatic hydroxyl groups excluding tert-OH is 1. The maximum absolute atomic E-state index is 13.3. The highest BCUT2D eigenvalue weighted by atomic mass is 32.2. The molecule has 0 rings (SSSR count). The van der Waals surface area contributed by atoms with Crippen molar-refractivity contribution in [3.8, 4) is 0 Å². The summed E-state index contributed by atoms with van der Waals surface area (Å²) in [5.74, 6) is -30.7. The Morgan fingerprint density at radius 1 is 0.523 bits per heavy atom. The molecule has 0 amide bonds. The summed E-state index contributed by atoms with van der Waals surface area (Å²) in [5.41, 5.74) is 0. The Bertz CT molecular complexity index is 1050. The number of halogens is 18. The first-order chi connectivity index (χ1) is 19.0. The van der Waals surface area contributed by atoms with Crippen LogP contribution in [-0.4, -0.2) is 93.1 Å². The van der Waals surface area contributed by atoms with E-state index in [1.807, 2.05) is 6.92 Å². The van der Waals surface area contributed by atoms with Gasteiger partial charge in [-0.15, -0.1) is 0 Å². The molecule has 0 atom stereocenters. The molecular formula is C16H18F18O8S2. The molecule has 44 heavy (non-hydrogen) atoms. The Balaban J connectivity index is 0. The van der Waals surface area contributed by atoms with E-state index in [1.54, 1.807) is 0 Å². The van der Waals surface area contributed by atoms with Crippen molar-refractivity contribution >= 4 is 20.2 Å². The van der Waals surface area contributed by atoms with Crippen LogP contribution in [0.1, 0.15) is 32.6 Å². The lowest BCUT2D eigenvalue weighted by Crippen LogP contribution is -2.63. The van der Waals surface area contributed by atoms with E-state index in [4.69, 9.17) is 10.2 Å². The Kier molecular flexibility index (Phi) is 14.3. The molecule has 0 aromatic carbocycles. The van der Waals surface area contributed by atoms with Crippen LogP contribution < -0.4 is 0 Å². The third-order valence-electron chi connectivity index (χ3n) is 4.42. The van der Waals surface area contributed by atoms with Gasteiger partial charge in [-0.05, 0) is 19.3 Å². The predicted octanol–water partition coefficient (Wildman–Crippen LogP) is 5.41. The first-order valence-corrected chi connectivity index (χ1v) is 13.3. The minimum atomic E-state index is -7.69. The minimum Gasteiger partial charge on any atom is -0.368 e. The van der Waals surface area contributed by atoms with Gasteiger partial charge < -0.3 is 10.2 Å². The second-order valence-electron chi connectivity index (χ2n) is 7.86. The van der Waals surface area contributed by atoms with Crippen molar-refractivity contribution in [2.45, 2.75) is 85.4 Å². The van der Waals surface area contributed by atoms with E-state index in [2.05, 4.69) is 8.37 Å². The van der Waals surface area contributed by atoms with Crippen LogP contribution in [0.15, 0.2) is 0 Å². The van der Waals surface area contributed by atoms with E-state index < -0.39 is 99.1 Å². The van der Waals surface area contributed by atoms with Crippen LogP contribution in [-0.2, 0) is 28.6 Å². The highest BCUT2D eigenvalue weighted by Crippen LogP contribution is 2.56. The van der Waals surface area contributed by atoms with Gasteiger partial charge >= 0.3 is 66.8 Å². The third kappa shape index (κ3) is 8.84. The number of hydrogen-bond acceptors (Lipinski definition) is 8. The molecule has 0 aromatic heterocycles. The van der Waals surface area contributed by atoms with Crippen LogP contribution in [0.5, 0.6) is 0 Å². The van der Waals surface area contributed by atoms with E-state index in [1.165, 1.54) is 0 Å². The average Bonchev–Trinajstić information content (AvgIpc) is 2.79. The number of unbranched alkanes of at least 4 members (excludes halogenated alkanes) is 1. The van der Waals surface area contributed by atoms with Crippen molar-refractivity contribution < 1.29 is 114 Å². The van der Waals surface area contributed by atoms with Crippen LogP contribution in [0.3, 0.4) is 0 Å². The fourth-order valence-corrected chi connectivity index (χ4v) is 3.84. The summed E-state index contributed by atoms with van der Waals surface area (Å²) in [4.78, 5) is 0. The number of aliphatic hydroxyl groups is 2. The topological polar surface area (TPSA) is 127 Å². The Labute approximate surface area is 234 Å². The zero-order valence-electron chi connectivity index (χ0n) is 20.8. The lowest BCUT2D eigenvalue weighted by Gasteiger charge is -2.32. The van der Waals surface area contributed by atoms with Crippen LogP contribution in [0.2, 0.25) is 0 Å².